The zero-order chi connectivity index (χ0) is 11.4. The summed E-state index contributed by atoms with van der Waals surface area (Å²) in [5.74, 6) is 0.580. The fourth-order valence-corrected chi connectivity index (χ4v) is 1.37. The number of aliphatic hydroxyl groups is 1. The van der Waals surface area contributed by atoms with Gasteiger partial charge in [-0.05, 0) is 31.5 Å². The quantitative estimate of drug-likeness (QED) is 0.832. The minimum atomic E-state index is -0.670. The standard InChI is InChI=1S/C11H16ClNO2/c1-7(2)15-11-5-8(10(14)6-13)3-4-9(11)12/h3-5,7,10,14H,6,13H2,1-2H3. The van der Waals surface area contributed by atoms with Gasteiger partial charge in [-0.25, -0.2) is 0 Å². The van der Waals surface area contributed by atoms with E-state index >= 15 is 0 Å². The molecule has 3 N–H and O–H groups in total. The van der Waals surface area contributed by atoms with Crippen LogP contribution in [0.3, 0.4) is 0 Å². The second-order valence-electron chi connectivity index (χ2n) is 3.61. The molecule has 0 aliphatic carbocycles. The van der Waals surface area contributed by atoms with Crippen LogP contribution in [0.5, 0.6) is 5.75 Å². The molecule has 0 amide bonds. The van der Waals surface area contributed by atoms with Gasteiger partial charge in [-0.15, -0.1) is 0 Å². The number of halogens is 1. The number of ether oxygens (including phenoxy) is 1. The number of rotatable bonds is 4. The average Bonchev–Trinajstić information content (AvgIpc) is 2.19. The van der Waals surface area contributed by atoms with Crippen molar-refractivity contribution in [2.24, 2.45) is 5.73 Å². The van der Waals surface area contributed by atoms with Crippen LogP contribution in [-0.4, -0.2) is 17.8 Å². The SMILES string of the molecule is CC(C)Oc1cc(C(O)CN)ccc1Cl. The van der Waals surface area contributed by atoms with E-state index in [1.807, 2.05) is 13.8 Å². The van der Waals surface area contributed by atoms with Gasteiger partial charge in [0.1, 0.15) is 5.75 Å². The van der Waals surface area contributed by atoms with E-state index in [4.69, 9.17) is 22.1 Å². The summed E-state index contributed by atoms with van der Waals surface area (Å²) in [7, 11) is 0. The number of nitrogens with two attached hydrogens (primary N) is 1. The third kappa shape index (κ3) is 3.38. The van der Waals surface area contributed by atoms with E-state index in [9.17, 15) is 5.11 Å². The van der Waals surface area contributed by atoms with Gasteiger partial charge in [0.05, 0.1) is 17.2 Å². The second-order valence-corrected chi connectivity index (χ2v) is 4.02. The van der Waals surface area contributed by atoms with Crippen LogP contribution < -0.4 is 10.5 Å². The molecule has 0 aliphatic rings. The van der Waals surface area contributed by atoms with E-state index in [-0.39, 0.29) is 12.6 Å². The maximum atomic E-state index is 9.56. The molecule has 4 heteroatoms. The van der Waals surface area contributed by atoms with Crippen LogP contribution in [0.4, 0.5) is 0 Å². The number of hydrogen-bond donors (Lipinski definition) is 2. The largest absolute Gasteiger partial charge is 0.489 e. The van der Waals surface area contributed by atoms with Crippen molar-refractivity contribution in [2.45, 2.75) is 26.1 Å². The highest BCUT2D eigenvalue weighted by atomic mass is 35.5. The summed E-state index contributed by atoms with van der Waals surface area (Å²) in [6, 6.07) is 5.17. The van der Waals surface area contributed by atoms with Gasteiger partial charge in [0.25, 0.3) is 0 Å². The van der Waals surface area contributed by atoms with Crippen LogP contribution in [0.15, 0.2) is 18.2 Å². The molecule has 1 atom stereocenters. The van der Waals surface area contributed by atoms with Gasteiger partial charge in [-0.3, -0.25) is 0 Å². The maximum absolute atomic E-state index is 9.56. The van der Waals surface area contributed by atoms with Gasteiger partial charge in [0.15, 0.2) is 0 Å². The van der Waals surface area contributed by atoms with Crippen molar-refractivity contribution in [1.29, 1.82) is 0 Å². The Bertz CT molecular complexity index is 328. The Kier molecular flexibility index (Phi) is 4.39. The molecule has 0 aliphatic heterocycles. The molecule has 0 saturated heterocycles. The zero-order valence-corrected chi connectivity index (χ0v) is 9.66. The van der Waals surface area contributed by atoms with Crippen molar-refractivity contribution in [3.05, 3.63) is 28.8 Å². The molecule has 1 unspecified atom stereocenters. The van der Waals surface area contributed by atoms with Crippen molar-refractivity contribution in [2.75, 3.05) is 6.54 Å². The zero-order valence-electron chi connectivity index (χ0n) is 8.90. The lowest BCUT2D eigenvalue weighted by molar-refractivity contribution is 0.185. The highest BCUT2D eigenvalue weighted by Crippen LogP contribution is 2.28. The minimum absolute atomic E-state index is 0.0489. The Balaban J connectivity index is 2.94. The molecule has 0 aromatic heterocycles. The van der Waals surface area contributed by atoms with Gasteiger partial charge in [0, 0.05) is 6.54 Å². The maximum Gasteiger partial charge on any atom is 0.138 e. The van der Waals surface area contributed by atoms with Crippen LogP contribution in [0.2, 0.25) is 5.02 Å². The summed E-state index contributed by atoms with van der Waals surface area (Å²) in [6.07, 6.45) is -0.621. The fraction of sp³-hybridized carbons (Fsp3) is 0.455. The van der Waals surface area contributed by atoms with E-state index in [0.29, 0.717) is 10.8 Å². The fourth-order valence-electron chi connectivity index (χ4n) is 1.21. The van der Waals surface area contributed by atoms with Crippen LogP contribution in [0.1, 0.15) is 25.5 Å². The highest BCUT2D eigenvalue weighted by Gasteiger charge is 2.10. The third-order valence-corrected chi connectivity index (χ3v) is 2.24. The van der Waals surface area contributed by atoms with Gasteiger partial charge >= 0.3 is 0 Å². The van der Waals surface area contributed by atoms with Crippen molar-refractivity contribution in [3.8, 4) is 5.75 Å². The third-order valence-electron chi connectivity index (χ3n) is 1.93. The van der Waals surface area contributed by atoms with Gasteiger partial charge in [0.2, 0.25) is 0 Å². The van der Waals surface area contributed by atoms with Crippen molar-refractivity contribution >= 4 is 11.6 Å². The second kappa shape index (κ2) is 5.35. The first-order valence-electron chi connectivity index (χ1n) is 4.88. The van der Waals surface area contributed by atoms with E-state index in [1.54, 1.807) is 18.2 Å². The number of hydrogen-bond acceptors (Lipinski definition) is 3. The summed E-state index contributed by atoms with van der Waals surface area (Å²) in [6.45, 7) is 4.02. The molecule has 0 saturated carbocycles. The highest BCUT2D eigenvalue weighted by molar-refractivity contribution is 6.32. The van der Waals surface area contributed by atoms with Crippen LogP contribution >= 0.6 is 11.6 Å². The normalized spacial score (nSPS) is 12.9. The molecule has 1 aromatic carbocycles. The van der Waals surface area contributed by atoms with Crippen LogP contribution in [0.25, 0.3) is 0 Å². The average molecular weight is 230 g/mol. The molecule has 15 heavy (non-hydrogen) atoms. The van der Waals surface area contributed by atoms with E-state index in [2.05, 4.69) is 0 Å². The molecular formula is C11H16ClNO2. The lowest BCUT2D eigenvalue weighted by atomic mass is 10.1. The first-order valence-corrected chi connectivity index (χ1v) is 5.26. The van der Waals surface area contributed by atoms with Crippen LogP contribution in [0, 0.1) is 0 Å². The molecule has 0 radical (unpaired) electrons. The first-order chi connectivity index (χ1) is 7.04. The summed E-state index contributed by atoms with van der Waals surface area (Å²) < 4.78 is 5.50. The predicted molar refractivity (Wildman–Crippen MR) is 61.2 cm³/mol. The van der Waals surface area contributed by atoms with Gasteiger partial charge in [-0.2, -0.15) is 0 Å². The topological polar surface area (TPSA) is 55.5 Å². The Morgan fingerprint density at radius 2 is 2.13 bits per heavy atom. The van der Waals surface area contributed by atoms with E-state index in [1.165, 1.54) is 0 Å². The first kappa shape index (κ1) is 12.3. The van der Waals surface area contributed by atoms with Crippen molar-refractivity contribution in [1.82, 2.24) is 0 Å². The molecule has 0 fully saturated rings. The Morgan fingerprint density at radius 3 is 2.67 bits per heavy atom. The molecule has 0 heterocycles. The molecule has 0 spiro atoms. The van der Waals surface area contributed by atoms with Gasteiger partial charge in [-0.1, -0.05) is 17.7 Å². The van der Waals surface area contributed by atoms with E-state index in [0.717, 1.165) is 5.56 Å². The summed E-state index contributed by atoms with van der Waals surface area (Å²) >= 11 is 5.95. The number of aliphatic hydroxyl groups excluding tert-OH is 1. The predicted octanol–water partition coefficient (Wildman–Crippen LogP) is 2.12. The Hall–Kier alpha value is -0.770. The molecule has 1 rings (SSSR count). The molecular weight excluding hydrogens is 214 g/mol. The monoisotopic (exact) mass is 229 g/mol. The van der Waals surface area contributed by atoms with Crippen molar-refractivity contribution in [3.63, 3.8) is 0 Å². The Morgan fingerprint density at radius 1 is 1.47 bits per heavy atom. The summed E-state index contributed by atoms with van der Waals surface area (Å²) in [5, 5.41) is 10.1. The smallest absolute Gasteiger partial charge is 0.138 e. The van der Waals surface area contributed by atoms with Crippen molar-refractivity contribution < 1.29 is 9.84 Å². The lowest BCUT2D eigenvalue weighted by Gasteiger charge is -2.14. The number of benzene rings is 1. The summed E-state index contributed by atoms with van der Waals surface area (Å²) in [5.41, 5.74) is 6.09. The molecule has 0 bridgehead atoms. The summed E-state index contributed by atoms with van der Waals surface area (Å²) in [4.78, 5) is 0. The minimum Gasteiger partial charge on any atom is -0.489 e. The Labute approximate surface area is 94.8 Å². The molecule has 1 aromatic rings. The lowest BCUT2D eigenvalue weighted by Crippen LogP contribution is -2.12. The molecule has 84 valence electrons. The van der Waals surface area contributed by atoms with Gasteiger partial charge < -0.3 is 15.6 Å². The van der Waals surface area contributed by atoms with E-state index < -0.39 is 6.10 Å². The molecule has 3 nitrogen and oxygen atoms in total. The van der Waals surface area contributed by atoms with Crippen LogP contribution in [-0.2, 0) is 0 Å².